The van der Waals surface area contributed by atoms with Crippen molar-refractivity contribution in [3.63, 3.8) is 0 Å². The number of rotatable bonds is 5. The number of methoxy groups -OCH3 is 1. The molecular weight excluding hydrogens is 416 g/mol. The lowest BCUT2D eigenvalue weighted by Gasteiger charge is -2.14. The fourth-order valence-corrected chi connectivity index (χ4v) is 2.81. The lowest BCUT2D eigenvalue weighted by molar-refractivity contribution is -0.142. The molecule has 3 rings (SSSR count). The Morgan fingerprint density at radius 3 is 2.63 bits per heavy atom. The predicted molar refractivity (Wildman–Crippen MR) is 102 cm³/mol. The highest BCUT2D eigenvalue weighted by Gasteiger charge is 2.34. The number of anilines is 1. The summed E-state index contributed by atoms with van der Waals surface area (Å²) in [5.74, 6) is -1.20. The van der Waals surface area contributed by atoms with Crippen LogP contribution in [0.2, 0.25) is 0 Å². The molecule has 0 unspecified atom stereocenters. The molecular formula is C19H15BrN2O5. The summed E-state index contributed by atoms with van der Waals surface area (Å²) in [5, 5.41) is 1.18. The average Bonchev–Trinajstić information content (AvgIpc) is 2.96. The van der Waals surface area contributed by atoms with Crippen LogP contribution in [0.25, 0.3) is 6.08 Å². The van der Waals surface area contributed by atoms with E-state index >= 15 is 0 Å². The van der Waals surface area contributed by atoms with Crippen molar-refractivity contribution in [2.45, 2.75) is 0 Å². The van der Waals surface area contributed by atoms with Gasteiger partial charge in [-0.1, -0.05) is 34.1 Å². The first-order valence-corrected chi connectivity index (χ1v) is 8.70. The van der Waals surface area contributed by atoms with Gasteiger partial charge in [0.1, 0.15) is 11.3 Å². The molecule has 0 atom stereocenters. The van der Waals surface area contributed by atoms with Gasteiger partial charge in [0.05, 0.1) is 12.8 Å². The molecule has 1 saturated heterocycles. The van der Waals surface area contributed by atoms with Crippen LogP contribution in [0, 0.1) is 0 Å². The molecule has 0 aromatic heterocycles. The number of ether oxygens (including phenoxy) is 2. The fraction of sp³-hybridized carbons (Fsp3) is 0.105. The molecule has 2 aromatic rings. The third-order valence-corrected chi connectivity index (χ3v) is 4.24. The van der Waals surface area contributed by atoms with Crippen LogP contribution in [-0.4, -0.2) is 31.5 Å². The highest BCUT2D eigenvalue weighted by molar-refractivity contribution is 9.10. The second-order valence-electron chi connectivity index (χ2n) is 5.52. The minimum absolute atomic E-state index is 0.0418. The molecule has 7 nitrogen and oxygen atoms in total. The first-order chi connectivity index (χ1) is 13.0. The summed E-state index contributed by atoms with van der Waals surface area (Å²) in [5.41, 5.74) is 3.52. The van der Waals surface area contributed by atoms with Gasteiger partial charge in [0.2, 0.25) is 0 Å². The second kappa shape index (κ2) is 8.05. The maximum atomic E-state index is 12.7. The van der Waals surface area contributed by atoms with Crippen molar-refractivity contribution < 1.29 is 23.9 Å². The Morgan fingerprint density at radius 1 is 1.19 bits per heavy atom. The SMILES string of the molecule is COC(=O)COc1ccc(Br)cc1C=C1C(=O)NN(c2ccccc2)C1=O. The fourth-order valence-electron chi connectivity index (χ4n) is 2.43. The monoisotopic (exact) mass is 430 g/mol. The van der Waals surface area contributed by atoms with E-state index < -0.39 is 17.8 Å². The van der Waals surface area contributed by atoms with Crippen LogP contribution in [-0.2, 0) is 19.1 Å². The largest absolute Gasteiger partial charge is 0.481 e. The minimum atomic E-state index is -0.540. The molecule has 1 fully saturated rings. The van der Waals surface area contributed by atoms with Gasteiger partial charge in [-0.3, -0.25) is 15.0 Å². The topological polar surface area (TPSA) is 84.9 Å². The van der Waals surface area contributed by atoms with Crippen LogP contribution in [0.3, 0.4) is 0 Å². The van der Waals surface area contributed by atoms with Gasteiger partial charge in [0.15, 0.2) is 6.61 Å². The molecule has 1 heterocycles. The Hall–Kier alpha value is -3.13. The number of nitrogens with one attached hydrogen (secondary N) is 1. The zero-order chi connectivity index (χ0) is 19.4. The van der Waals surface area contributed by atoms with E-state index in [4.69, 9.17) is 4.74 Å². The summed E-state index contributed by atoms with van der Waals surface area (Å²) in [6.45, 7) is -0.287. The number of esters is 1. The summed E-state index contributed by atoms with van der Waals surface area (Å²) in [6.07, 6.45) is 1.43. The first kappa shape index (κ1) is 18.7. The molecule has 0 bridgehead atoms. The molecule has 1 aliphatic rings. The van der Waals surface area contributed by atoms with Crippen molar-refractivity contribution in [2.75, 3.05) is 18.7 Å². The normalized spacial score (nSPS) is 15.0. The molecule has 1 N–H and O–H groups in total. The van der Waals surface area contributed by atoms with Gasteiger partial charge in [-0.15, -0.1) is 0 Å². The summed E-state index contributed by atoms with van der Waals surface area (Å²) < 4.78 is 10.7. The van der Waals surface area contributed by atoms with E-state index in [2.05, 4.69) is 26.1 Å². The van der Waals surface area contributed by atoms with E-state index in [1.54, 1.807) is 42.5 Å². The highest BCUT2D eigenvalue weighted by atomic mass is 79.9. The second-order valence-corrected chi connectivity index (χ2v) is 6.44. The molecule has 0 spiro atoms. The molecule has 8 heteroatoms. The summed E-state index contributed by atoms with van der Waals surface area (Å²) in [4.78, 5) is 36.3. The zero-order valence-corrected chi connectivity index (χ0v) is 15.9. The summed E-state index contributed by atoms with van der Waals surface area (Å²) in [6, 6.07) is 13.8. The Labute approximate surface area is 163 Å². The Morgan fingerprint density at radius 2 is 1.93 bits per heavy atom. The smallest absolute Gasteiger partial charge is 0.343 e. The van der Waals surface area contributed by atoms with E-state index in [0.717, 1.165) is 4.47 Å². The van der Waals surface area contributed by atoms with Crippen LogP contribution in [0.5, 0.6) is 5.75 Å². The molecule has 2 amide bonds. The number of halogens is 1. The minimum Gasteiger partial charge on any atom is -0.481 e. The van der Waals surface area contributed by atoms with E-state index in [9.17, 15) is 14.4 Å². The third-order valence-electron chi connectivity index (χ3n) is 3.75. The van der Waals surface area contributed by atoms with Gasteiger partial charge in [-0.05, 0) is 36.4 Å². The summed E-state index contributed by atoms with van der Waals surface area (Å²) in [7, 11) is 1.26. The quantitative estimate of drug-likeness (QED) is 0.447. The van der Waals surface area contributed by atoms with Gasteiger partial charge in [-0.2, -0.15) is 0 Å². The first-order valence-electron chi connectivity index (χ1n) is 7.91. The number of hydrazine groups is 1. The lowest BCUT2D eigenvalue weighted by Crippen LogP contribution is -2.35. The number of carbonyl (C=O) groups is 3. The molecule has 138 valence electrons. The van der Waals surface area contributed by atoms with Crippen LogP contribution < -0.4 is 15.2 Å². The standard InChI is InChI=1S/C19H15BrN2O5/c1-26-17(23)11-27-16-8-7-13(20)9-12(16)10-15-18(24)21-22(19(15)25)14-5-3-2-4-6-14/h2-10H,11H2,1H3,(H,21,24). The van der Waals surface area contributed by atoms with Gasteiger partial charge in [-0.25, -0.2) is 9.80 Å². The number of carbonyl (C=O) groups excluding carboxylic acids is 3. The number of para-hydroxylation sites is 1. The molecule has 0 aliphatic carbocycles. The van der Waals surface area contributed by atoms with E-state index in [-0.39, 0.29) is 12.2 Å². The maximum absolute atomic E-state index is 12.7. The zero-order valence-electron chi connectivity index (χ0n) is 14.3. The average molecular weight is 431 g/mol. The molecule has 2 aromatic carbocycles. The van der Waals surface area contributed by atoms with E-state index in [0.29, 0.717) is 17.0 Å². The Balaban J connectivity index is 1.91. The van der Waals surface area contributed by atoms with Crippen LogP contribution in [0.15, 0.2) is 58.6 Å². The number of benzene rings is 2. The maximum Gasteiger partial charge on any atom is 0.343 e. The molecule has 1 aliphatic heterocycles. The Bertz CT molecular complexity index is 927. The third kappa shape index (κ3) is 4.17. The number of hydrogen-bond donors (Lipinski definition) is 1. The van der Waals surface area contributed by atoms with Gasteiger partial charge >= 0.3 is 5.97 Å². The van der Waals surface area contributed by atoms with E-state index in [1.807, 2.05) is 6.07 Å². The van der Waals surface area contributed by atoms with Crippen molar-refractivity contribution in [1.82, 2.24) is 5.43 Å². The van der Waals surface area contributed by atoms with Crippen molar-refractivity contribution >= 4 is 45.5 Å². The predicted octanol–water partition coefficient (Wildman–Crippen LogP) is 2.46. The number of amides is 2. The van der Waals surface area contributed by atoms with Gasteiger partial charge < -0.3 is 9.47 Å². The van der Waals surface area contributed by atoms with Crippen LogP contribution >= 0.6 is 15.9 Å². The number of hydrogen-bond acceptors (Lipinski definition) is 5. The van der Waals surface area contributed by atoms with E-state index in [1.165, 1.54) is 18.2 Å². The Kier molecular flexibility index (Phi) is 5.56. The van der Waals surface area contributed by atoms with Crippen molar-refractivity contribution in [1.29, 1.82) is 0 Å². The van der Waals surface area contributed by atoms with Gasteiger partial charge in [0, 0.05) is 10.0 Å². The number of nitrogens with zero attached hydrogens (tertiary/aromatic N) is 1. The lowest BCUT2D eigenvalue weighted by atomic mass is 10.1. The van der Waals surface area contributed by atoms with Crippen molar-refractivity contribution in [3.8, 4) is 5.75 Å². The van der Waals surface area contributed by atoms with Crippen molar-refractivity contribution in [2.24, 2.45) is 0 Å². The highest BCUT2D eigenvalue weighted by Crippen LogP contribution is 2.28. The van der Waals surface area contributed by atoms with Crippen molar-refractivity contribution in [3.05, 3.63) is 64.1 Å². The summed E-state index contributed by atoms with van der Waals surface area (Å²) >= 11 is 3.35. The molecule has 0 saturated carbocycles. The molecule has 0 radical (unpaired) electrons. The van der Waals surface area contributed by atoms with Crippen LogP contribution in [0.4, 0.5) is 5.69 Å². The van der Waals surface area contributed by atoms with Gasteiger partial charge in [0.25, 0.3) is 11.8 Å². The van der Waals surface area contributed by atoms with Crippen LogP contribution in [0.1, 0.15) is 5.56 Å². The molecule has 27 heavy (non-hydrogen) atoms.